The fourth-order valence-electron chi connectivity index (χ4n) is 1.74. The number of nitrogens with one attached hydrogen (secondary N) is 1. The number of fused-ring (bicyclic) bond motifs is 1. The van der Waals surface area contributed by atoms with Crippen LogP contribution in [0.25, 0.3) is 10.9 Å². The van der Waals surface area contributed by atoms with Crippen molar-refractivity contribution in [1.82, 2.24) is 4.98 Å². The highest BCUT2D eigenvalue weighted by Gasteiger charge is 2.07. The van der Waals surface area contributed by atoms with Crippen molar-refractivity contribution in [3.8, 4) is 0 Å². The number of hydrogen-bond donors (Lipinski definition) is 1. The van der Waals surface area contributed by atoms with Crippen LogP contribution in [0.2, 0.25) is 0 Å². The highest BCUT2D eigenvalue weighted by molar-refractivity contribution is 5.86. The fraction of sp³-hybridized carbons (Fsp3) is 0.273. The van der Waals surface area contributed by atoms with Gasteiger partial charge in [-0.3, -0.25) is 0 Å². The fourth-order valence-corrected chi connectivity index (χ4v) is 1.74. The van der Waals surface area contributed by atoms with Gasteiger partial charge in [-0.2, -0.15) is 0 Å². The third-order valence-electron chi connectivity index (χ3n) is 2.50. The van der Waals surface area contributed by atoms with Gasteiger partial charge in [-0.05, 0) is 36.6 Å². The van der Waals surface area contributed by atoms with Crippen LogP contribution in [0.3, 0.4) is 0 Å². The molecule has 1 aromatic carbocycles. The Balaban J connectivity index is 2.85. The summed E-state index contributed by atoms with van der Waals surface area (Å²) in [7, 11) is 0. The second-order valence-electron chi connectivity index (χ2n) is 3.26. The van der Waals surface area contributed by atoms with E-state index in [0.717, 1.165) is 22.9 Å². The first-order chi connectivity index (χ1) is 6.24. The zero-order chi connectivity index (χ0) is 9.42. The van der Waals surface area contributed by atoms with Gasteiger partial charge in [-0.1, -0.05) is 6.92 Å². The topological polar surface area (TPSA) is 15.8 Å². The largest absolute Gasteiger partial charge is 0.361 e. The van der Waals surface area contributed by atoms with E-state index in [4.69, 9.17) is 0 Å². The SMILES string of the molecule is CCc1c[nH]c2ccc(F)c(C)c12. The smallest absolute Gasteiger partial charge is 0.126 e. The van der Waals surface area contributed by atoms with Gasteiger partial charge in [-0.15, -0.1) is 0 Å². The first kappa shape index (κ1) is 8.30. The number of aromatic amines is 1. The quantitative estimate of drug-likeness (QED) is 0.688. The lowest BCUT2D eigenvalue weighted by Crippen LogP contribution is -1.85. The summed E-state index contributed by atoms with van der Waals surface area (Å²) in [5.41, 5.74) is 2.96. The lowest BCUT2D eigenvalue weighted by atomic mass is 10.1. The van der Waals surface area contributed by atoms with Crippen molar-refractivity contribution in [2.24, 2.45) is 0 Å². The number of H-pyrrole nitrogens is 1. The third-order valence-corrected chi connectivity index (χ3v) is 2.50. The van der Waals surface area contributed by atoms with Crippen molar-refractivity contribution in [2.75, 3.05) is 0 Å². The van der Waals surface area contributed by atoms with Gasteiger partial charge in [0.15, 0.2) is 0 Å². The molecular weight excluding hydrogens is 165 g/mol. The molecule has 1 aromatic heterocycles. The van der Waals surface area contributed by atoms with E-state index in [9.17, 15) is 4.39 Å². The monoisotopic (exact) mass is 177 g/mol. The molecule has 0 atom stereocenters. The molecule has 0 amide bonds. The Morgan fingerprint density at radius 3 is 2.85 bits per heavy atom. The Kier molecular flexibility index (Phi) is 1.83. The van der Waals surface area contributed by atoms with E-state index in [0.29, 0.717) is 0 Å². The van der Waals surface area contributed by atoms with Gasteiger partial charge in [0.2, 0.25) is 0 Å². The minimum absolute atomic E-state index is 0.123. The van der Waals surface area contributed by atoms with E-state index in [1.165, 1.54) is 11.6 Å². The predicted octanol–water partition coefficient (Wildman–Crippen LogP) is 3.18. The molecule has 0 radical (unpaired) electrons. The number of rotatable bonds is 1. The molecule has 68 valence electrons. The maximum atomic E-state index is 13.2. The van der Waals surface area contributed by atoms with Crippen molar-refractivity contribution in [2.45, 2.75) is 20.3 Å². The van der Waals surface area contributed by atoms with E-state index >= 15 is 0 Å². The first-order valence-electron chi connectivity index (χ1n) is 4.49. The van der Waals surface area contributed by atoms with E-state index in [-0.39, 0.29) is 5.82 Å². The number of halogens is 1. The van der Waals surface area contributed by atoms with Crippen LogP contribution in [-0.4, -0.2) is 4.98 Å². The predicted molar refractivity (Wildman–Crippen MR) is 52.4 cm³/mol. The van der Waals surface area contributed by atoms with E-state index in [1.807, 2.05) is 13.1 Å². The molecule has 0 aliphatic heterocycles. The van der Waals surface area contributed by atoms with Crippen LogP contribution >= 0.6 is 0 Å². The molecule has 1 nitrogen and oxygen atoms in total. The van der Waals surface area contributed by atoms with Gasteiger partial charge in [0, 0.05) is 17.1 Å². The number of aromatic nitrogens is 1. The molecule has 1 N–H and O–H groups in total. The zero-order valence-electron chi connectivity index (χ0n) is 7.82. The van der Waals surface area contributed by atoms with Crippen LogP contribution in [0, 0.1) is 12.7 Å². The Hall–Kier alpha value is -1.31. The van der Waals surface area contributed by atoms with Crippen LogP contribution in [0.5, 0.6) is 0 Å². The summed E-state index contributed by atoms with van der Waals surface area (Å²) in [4.78, 5) is 3.14. The molecule has 0 unspecified atom stereocenters. The van der Waals surface area contributed by atoms with Crippen LogP contribution in [-0.2, 0) is 6.42 Å². The summed E-state index contributed by atoms with van der Waals surface area (Å²) in [5, 5.41) is 1.04. The first-order valence-corrected chi connectivity index (χ1v) is 4.49. The van der Waals surface area contributed by atoms with Crippen LogP contribution in [0.15, 0.2) is 18.3 Å². The number of benzene rings is 1. The Bertz CT molecular complexity index is 443. The second-order valence-corrected chi connectivity index (χ2v) is 3.26. The van der Waals surface area contributed by atoms with Crippen molar-refractivity contribution in [3.05, 3.63) is 35.3 Å². The van der Waals surface area contributed by atoms with Crippen molar-refractivity contribution in [1.29, 1.82) is 0 Å². The summed E-state index contributed by atoms with van der Waals surface area (Å²) in [6.07, 6.45) is 2.89. The van der Waals surface area contributed by atoms with Crippen LogP contribution in [0.4, 0.5) is 4.39 Å². The molecule has 0 fully saturated rings. The minimum Gasteiger partial charge on any atom is -0.361 e. The third kappa shape index (κ3) is 1.13. The second kappa shape index (κ2) is 2.87. The summed E-state index contributed by atoms with van der Waals surface area (Å²) >= 11 is 0. The molecular formula is C11H12FN. The van der Waals surface area contributed by atoms with Gasteiger partial charge in [0.1, 0.15) is 5.82 Å². The van der Waals surface area contributed by atoms with Crippen molar-refractivity contribution in [3.63, 3.8) is 0 Å². The minimum atomic E-state index is -0.123. The van der Waals surface area contributed by atoms with Crippen molar-refractivity contribution >= 4 is 10.9 Å². The maximum Gasteiger partial charge on any atom is 0.126 e. The van der Waals surface area contributed by atoms with Crippen LogP contribution < -0.4 is 0 Å². The molecule has 2 rings (SSSR count). The Morgan fingerprint density at radius 2 is 2.15 bits per heavy atom. The molecule has 0 spiro atoms. The van der Waals surface area contributed by atoms with E-state index < -0.39 is 0 Å². The highest BCUT2D eigenvalue weighted by atomic mass is 19.1. The summed E-state index contributed by atoms with van der Waals surface area (Å²) in [5.74, 6) is -0.123. The molecule has 2 heteroatoms. The van der Waals surface area contributed by atoms with Crippen molar-refractivity contribution < 1.29 is 4.39 Å². The molecule has 2 aromatic rings. The molecule has 0 saturated carbocycles. The van der Waals surface area contributed by atoms with Gasteiger partial charge in [-0.25, -0.2) is 4.39 Å². The van der Waals surface area contributed by atoms with Gasteiger partial charge >= 0.3 is 0 Å². The average Bonchev–Trinajstić information content (AvgIpc) is 2.55. The highest BCUT2D eigenvalue weighted by Crippen LogP contribution is 2.24. The normalized spacial score (nSPS) is 11.0. The van der Waals surface area contributed by atoms with E-state index in [2.05, 4.69) is 11.9 Å². The van der Waals surface area contributed by atoms with Gasteiger partial charge in [0.05, 0.1) is 0 Å². The maximum absolute atomic E-state index is 13.2. The number of aryl methyl sites for hydroxylation is 2. The summed E-state index contributed by atoms with van der Waals surface area (Å²) in [6, 6.07) is 3.30. The van der Waals surface area contributed by atoms with E-state index in [1.54, 1.807) is 6.07 Å². The zero-order valence-corrected chi connectivity index (χ0v) is 7.82. The molecule has 13 heavy (non-hydrogen) atoms. The standard InChI is InChI=1S/C11H12FN/c1-3-8-6-13-10-5-4-9(12)7(2)11(8)10/h4-6,13H,3H2,1-2H3. The molecule has 1 heterocycles. The Morgan fingerprint density at radius 1 is 1.38 bits per heavy atom. The Labute approximate surface area is 76.6 Å². The number of hydrogen-bond acceptors (Lipinski definition) is 0. The lowest BCUT2D eigenvalue weighted by Gasteiger charge is -2.00. The van der Waals surface area contributed by atoms with Gasteiger partial charge < -0.3 is 4.98 Å². The summed E-state index contributed by atoms with van der Waals surface area (Å²) in [6.45, 7) is 3.90. The molecule has 0 saturated heterocycles. The van der Waals surface area contributed by atoms with Gasteiger partial charge in [0.25, 0.3) is 0 Å². The molecule has 0 aliphatic rings. The average molecular weight is 177 g/mol. The lowest BCUT2D eigenvalue weighted by molar-refractivity contribution is 0.621. The molecule has 0 bridgehead atoms. The molecule has 0 aliphatic carbocycles. The van der Waals surface area contributed by atoms with Crippen LogP contribution in [0.1, 0.15) is 18.1 Å². The summed E-state index contributed by atoms with van der Waals surface area (Å²) < 4.78 is 13.2.